The summed E-state index contributed by atoms with van der Waals surface area (Å²) >= 11 is 0. The molecule has 0 aromatic carbocycles. The Morgan fingerprint density at radius 3 is 3.00 bits per heavy atom. The summed E-state index contributed by atoms with van der Waals surface area (Å²) < 4.78 is 0. The van der Waals surface area contributed by atoms with Crippen molar-refractivity contribution in [3.63, 3.8) is 0 Å². The van der Waals surface area contributed by atoms with Crippen LogP contribution in [0.25, 0.3) is 0 Å². The Kier molecular flexibility index (Phi) is 2.60. The first-order chi connectivity index (χ1) is 6.70. The third kappa shape index (κ3) is 1.69. The van der Waals surface area contributed by atoms with Crippen LogP contribution in [0.5, 0.6) is 0 Å². The highest BCUT2D eigenvalue weighted by Crippen LogP contribution is 2.31. The quantitative estimate of drug-likeness (QED) is 0.573. The first-order valence-corrected chi connectivity index (χ1v) is 5.43. The summed E-state index contributed by atoms with van der Waals surface area (Å²) in [6.07, 6.45) is 9.28. The van der Waals surface area contributed by atoms with Crippen LogP contribution in [0.4, 0.5) is 0 Å². The number of likely N-dealkylation sites (N-methyl/N-ethyl adjacent to an activating group) is 1. The molecular weight excluding hydrogens is 170 g/mol. The zero-order valence-electron chi connectivity index (χ0n) is 9.16. The molecule has 0 bridgehead atoms. The van der Waals surface area contributed by atoms with Gasteiger partial charge >= 0.3 is 0 Å². The van der Waals surface area contributed by atoms with Crippen molar-refractivity contribution in [3.05, 3.63) is 36.0 Å². The van der Waals surface area contributed by atoms with Crippen LogP contribution in [-0.4, -0.2) is 24.5 Å². The molecule has 1 heterocycles. The average molecular weight is 189 g/mol. The van der Waals surface area contributed by atoms with Crippen LogP contribution in [0.15, 0.2) is 36.0 Å². The summed E-state index contributed by atoms with van der Waals surface area (Å²) in [5.41, 5.74) is 3.11. The SMILES string of the molecule is C=CC1CC2=CC(C)CC=C2CN1C. The van der Waals surface area contributed by atoms with Gasteiger partial charge in [-0.25, -0.2) is 0 Å². The van der Waals surface area contributed by atoms with Crippen LogP contribution in [0, 0.1) is 5.92 Å². The van der Waals surface area contributed by atoms with Gasteiger partial charge in [0.2, 0.25) is 0 Å². The lowest BCUT2D eigenvalue weighted by Gasteiger charge is -2.36. The summed E-state index contributed by atoms with van der Waals surface area (Å²) in [4.78, 5) is 2.38. The fraction of sp³-hybridized carbons (Fsp3) is 0.538. The molecule has 14 heavy (non-hydrogen) atoms. The summed E-state index contributed by atoms with van der Waals surface area (Å²) in [5.74, 6) is 0.725. The van der Waals surface area contributed by atoms with Crippen molar-refractivity contribution >= 4 is 0 Å². The maximum atomic E-state index is 3.90. The van der Waals surface area contributed by atoms with Crippen LogP contribution in [-0.2, 0) is 0 Å². The molecule has 0 amide bonds. The molecule has 0 radical (unpaired) electrons. The fourth-order valence-corrected chi connectivity index (χ4v) is 2.37. The van der Waals surface area contributed by atoms with E-state index in [2.05, 4.69) is 43.7 Å². The minimum atomic E-state index is 0.531. The fourth-order valence-electron chi connectivity index (χ4n) is 2.37. The van der Waals surface area contributed by atoms with Crippen molar-refractivity contribution in [2.45, 2.75) is 25.8 Å². The summed E-state index contributed by atoms with van der Waals surface area (Å²) in [7, 11) is 2.18. The van der Waals surface area contributed by atoms with Gasteiger partial charge in [0, 0.05) is 12.6 Å². The zero-order valence-corrected chi connectivity index (χ0v) is 9.16. The highest BCUT2D eigenvalue weighted by molar-refractivity contribution is 5.39. The maximum absolute atomic E-state index is 3.90. The number of rotatable bonds is 1. The Balaban J connectivity index is 2.20. The van der Waals surface area contributed by atoms with E-state index in [9.17, 15) is 0 Å². The molecule has 0 saturated carbocycles. The van der Waals surface area contributed by atoms with E-state index in [-0.39, 0.29) is 0 Å². The summed E-state index contributed by atoms with van der Waals surface area (Å²) in [6.45, 7) is 7.29. The van der Waals surface area contributed by atoms with E-state index in [1.54, 1.807) is 11.1 Å². The molecule has 1 fully saturated rings. The predicted octanol–water partition coefficient (Wildman–Crippen LogP) is 2.77. The average Bonchev–Trinajstić information content (AvgIpc) is 2.17. The molecule has 0 spiro atoms. The molecule has 0 aromatic heterocycles. The van der Waals surface area contributed by atoms with E-state index >= 15 is 0 Å². The molecule has 1 saturated heterocycles. The second-order valence-corrected chi connectivity index (χ2v) is 4.56. The van der Waals surface area contributed by atoms with Gasteiger partial charge < -0.3 is 0 Å². The molecule has 1 aliphatic carbocycles. The number of piperidine rings is 1. The smallest absolute Gasteiger partial charge is 0.0316 e. The van der Waals surface area contributed by atoms with E-state index in [1.165, 1.54) is 6.42 Å². The van der Waals surface area contributed by atoms with Gasteiger partial charge in [-0.15, -0.1) is 6.58 Å². The first kappa shape index (κ1) is 9.72. The van der Waals surface area contributed by atoms with Gasteiger partial charge in [-0.05, 0) is 37.0 Å². The third-order valence-electron chi connectivity index (χ3n) is 3.32. The Bertz CT molecular complexity index is 298. The van der Waals surface area contributed by atoms with E-state index in [4.69, 9.17) is 0 Å². The molecular formula is C13H19N. The lowest BCUT2D eigenvalue weighted by Crippen LogP contribution is -2.37. The molecule has 76 valence electrons. The standard InChI is InChI=1S/C13H19N/c1-4-13-8-12-7-10(2)5-6-11(12)9-14(13)3/h4,6-7,10,13H,1,5,8-9H2,2-3H3. The Labute approximate surface area is 86.8 Å². The summed E-state index contributed by atoms with van der Waals surface area (Å²) in [6, 6.07) is 0.531. The van der Waals surface area contributed by atoms with Crippen LogP contribution < -0.4 is 0 Å². The number of hydrogen-bond donors (Lipinski definition) is 0. The predicted molar refractivity (Wildman–Crippen MR) is 61.2 cm³/mol. The van der Waals surface area contributed by atoms with Crippen LogP contribution in [0.2, 0.25) is 0 Å². The number of hydrogen-bond acceptors (Lipinski definition) is 1. The van der Waals surface area contributed by atoms with Gasteiger partial charge in [-0.2, -0.15) is 0 Å². The number of allylic oxidation sites excluding steroid dienone is 2. The monoisotopic (exact) mass is 189 g/mol. The second-order valence-electron chi connectivity index (χ2n) is 4.56. The topological polar surface area (TPSA) is 3.24 Å². The van der Waals surface area contributed by atoms with Gasteiger partial charge in [0.1, 0.15) is 0 Å². The molecule has 2 rings (SSSR count). The lowest BCUT2D eigenvalue weighted by molar-refractivity contribution is 0.283. The third-order valence-corrected chi connectivity index (χ3v) is 3.32. The van der Waals surface area contributed by atoms with E-state index < -0.39 is 0 Å². The normalized spacial score (nSPS) is 33.0. The van der Waals surface area contributed by atoms with Crippen LogP contribution in [0.3, 0.4) is 0 Å². The number of fused-ring (bicyclic) bond motifs is 1. The highest BCUT2D eigenvalue weighted by atomic mass is 15.1. The Morgan fingerprint density at radius 1 is 1.50 bits per heavy atom. The van der Waals surface area contributed by atoms with Crippen molar-refractivity contribution in [1.29, 1.82) is 0 Å². The number of likely N-dealkylation sites (tertiary alicyclic amines) is 1. The van der Waals surface area contributed by atoms with Gasteiger partial charge in [0.15, 0.2) is 0 Å². The molecule has 1 nitrogen and oxygen atoms in total. The van der Waals surface area contributed by atoms with Crippen LogP contribution >= 0.6 is 0 Å². The zero-order chi connectivity index (χ0) is 10.1. The van der Waals surface area contributed by atoms with Gasteiger partial charge in [0.25, 0.3) is 0 Å². The van der Waals surface area contributed by atoms with Crippen LogP contribution in [0.1, 0.15) is 19.8 Å². The molecule has 0 aromatic rings. The van der Waals surface area contributed by atoms with Crippen molar-refractivity contribution in [2.75, 3.05) is 13.6 Å². The molecule has 2 atom stereocenters. The Morgan fingerprint density at radius 2 is 2.29 bits per heavy atom. The molecule has 1 aliphatic heterocycles. The largest absolute Gasteiger partial charge is 0.295 e. The minimum absolute atomic E-state index is 0.531. The van der Waals surface area contributed by atoms with Crippen molar-refractivity contribution in [1.82, 2.24) is 4.90 Å². The minimum Gasteiger partial charge on any atom is -0.295 e. The number of nitrogens with zero attached hydrogens (tertiary/aromatic N) is 1. The Hall–Kier alpha value is -0.820. The lowest BCUT2D eigenvalue weighted by atomic mass is 9.84. The van der Waals surface area contributed by atoms with Gasteiger partial charge in [-0.3, -0.25) is 4.90 Å². The first-order valence-electron chi connectivity index (χ1n) is 5.43. The second kappa shape index (κ2) is 3.74. The van der Waals surface area contributed by atoms with Crippen molar-refractivity contribution in [3.8, 4) is 0 Å². The van der Waals surface area contributed by atoms with Gasteiger partial charge in [0.05, 0.1) is 0 Å². The molecule has 0 N–H and O–H groups in total. The summed E-state index contributed by atoms with van der Waals surface area (Å²) in [5, 5.41) is 0. The van der Waals surface area contributed by atoms with E-state index in [0.717, 1.165) is 18.9 Å². The molecule has 2 unspecified atom stereocenters. The van der Waals surface area contributed by atoms with Crippen molar-refractivity contribution in [2.24, 2.45) is 5.92 Å². The molecule has 2 aliphatic rings. The molecule has 1 heteroatoms. The maximum Gasteiger partial charge on any atom is 0.0316 e. The van der Waals surface area contributed by atoms with Gasteiger partial charge in [-0.1, -0.05) is 25.2 Å². The van der Waals surface area contributed by atoms with E-state index in [1.807, 2.05) is 0 Å². The van der Waals surface area contributed by atoms with E-state index in [0.29, 0.717) is 6.04 Å². The highest BCUT2D eigenvalue weighted by Gasteiger charge is 2.24. The van der Waals surface area contributed by atoms with Crippen molar-refractivity contribution < 1.29 is 0 Å².